The van der Waals surface area contributed by atoms with Gasteiger partial charge in [-0.2, -0.15) is 5.26 Å². The van der Waals surface area contributed by atoms with Crippen LogP contribution in [0.5, 0.6) is 5.75 Å². The van der Waals surface area contributed by atoms with Gasteiger partial charge in [0.2, 0.25) is 0 Å². The molecule has 0 bridgehead atoms. The van der Waals surface area contributed by atoms with E-state index < -0.39 is 5.97 Å². The van der Waals surface area contributed by atoms with Crippen molar-refractivity contribution in [2.45, 2.75) is 39.5 Å². The molecule has 0 saturated carbocycles. The predicted molar refractivity (Wildman–Crippen MR) is 93.9 cm³/mol. The van der Waals surface area contributed by atoms with Gasteiger partial charge in [0, 0.05) is 6.20 Å². The summed E-state index contributed by atoms with van der Waals surface area (Å²) in [6.45, 7) is 4.74. The van der Waals surface area contributed by atoms with E-state index in [2.05, 4.69) is 18.0 Å². The monoisotopic (exact) mass is 341 g/mol. The van der Waals surface area contributed by atoms with E-state index in [1.807, 2.05) is 6.07 Å². The maximum atomic E-state index is 11.8. The molecule has 0 aliphatic heterocycles. The molecule has 0 radical (unpaired) electrons. The first kappa shape index (κ1) is 18.5. The highest BCUT2D eigenvalue weighted by Crippen LogP contribution is 2.27. The molecule has 6 nitrogen and oxygen atoms in total. The highest BCUT2D eigenvalue weighted by atomic mass is 16.5. The van der Waals surface area contributed by atoms with E-state index in [0.717, 1.165) is 19.3 Å². The van der Waals surface area contributed by atoms with Crippen molar-refractivity contribution >= 4 is 5.97 Å². The Hall–Kier alpha value is -2.81. The number of hydrogen-bond donors (Lipinski definition) is 0. The third-order valence-electron chi connectivity index (χ3n) is 3.70. The molecule has 0 aliphatic rings. The summed E-state index contributed by atoms with van der Waals surface area (Å²) >= 11 is 0. The van der Waals surface area contributed by atoms with Gasteiger partial charge in [0.25, 0.3) is 0 Å². The number of carbonyl (C=O) groups is 1. The molecule has 0 amide bonds. The summed E-state index contributed by atoms with van der Waals surface area (Å²) in [6.07, 6.45) is 7.46. The second kappa shape index (κ2) is 9.48. The Balaban J connectivity index is 2.22. The molecule has 2 aromatic rings. The fourth-order valence-electron chi connectivity index (χ4n) is 2.44. The molecule has 132 valence electrons. The lowest BCUT2D eigenvalue weighted by Gasteiger charge is -2.13. The van der Waals surface area contributed by atoms with Gasteiger partial charge in [0.05, 0.1) is 24.5 Å². The van der Waals surface area contributed by atoms with Crippen LogP contribution >= 0.6 is 0 Å². The molecule has 0 unspecified atom stereocenters. The van der Waals surface area contributed by atoms with Crippen molar-refractivity contribution in [2.75, 3.05) is 13.2 Å². The van der Waals surface area contributed by atoms with Crippen LogP contribution in [0.1, 0.15) is 55.6 Å². The number of hydrogen-bond acceptors (Lipinski definition) is 5. The summed E-state index contributed by atoms with van der Waals surface area (Å²) in [5, 5.41) is 9.36. The largest absolute Gasteiger partial charge is 0.490 e. The maximum Gasteiger partial charge on any atom is 0.358 e. The second-order valence-corrected chi connectivity index (χ2v) is 5.56. The Labute approximate surface area is 148 Å². The van der Waals surface area contributed by atoms with Gasteiger partial charge < -0.3 is 14.0 Å². The van der Waals surface area contributed by atoms with Crippen molar-refractivity contribution < 1.29 is 14.3 Å². The van der Waals surface area contributed by atoms with Crippen LogP contribution in [-0.2, 0) is 4.74 Å². The molecular weight excluding hydrogens is 318 g/mol. The smallest absolute Gasteiger partial charge is 0.358 e. The summed E-state index contributed by atoms with van der Waals surface area (Å²) in [5.74, 6) is 0.0361. The van der Waals surface area contributed by atoms with Gasteiger partial charge >= 0.3 is 5.97 Å². The lowest BCUT2D eigenvalue weighted by molar-refractivity contribution is 0.0520. The van der Waals surface area contributed by atoms with E-state index in [4.69, 9.17) is 9.47 Å². The molecule has 1 aromatic carbocycles. The number of benzene rings is 1. The van der Waals surface area contributed by atoms with E-state index in [1.54, 1.807) is 29.8 Å². The van der Waals surface area contributed by atoms with Crippen LogP contribution < -0.4 is 4.74 Å². The highest BCUT2D eigenvalue weighted by Gasteiger charge is 2.15. The Morgan fingerprint density at radius 1 is 1.28 bits per heavy atom. The van der Waals surface area contributed by atoms with Crippen molar-refractivity contribution in [3.8, 4) is 17.5 Å². The van der Waals surface area contributed by atoms with Gasteiger partial charge in [-0.1, -0.05) is 32.3 Å². The number of unbranched alkanes of at least 4 members (excludes halogenated alkanes) is 3. The number of nitrogens with zero attached hydrogens (tertiary/aromatic N) is 3. The molecule has 2 rings (SSSR count). The van der Waals surface area contributed by atoms with Gasteiger partial charge in [-0.15, -0.1) is 0 Å². The lowest BCUT2D eigenvalue weighted by atomic mass is 10.2. The maximum absolute atomic E-state index is 11.8. The third-order valence-corrected chi connectivity index (χ3v) is 3.70. The zero-order chi connectivity index (χ0) is 18.1. The molecule has 0 saturated heterocycles. The second-order valence-electron chi connectivity index (χ2n) is 5.56. The first-order valence-electron chi connectivity index (χ1n) is 8.58. The van der Waals surface area contributed by atoms with Crippen molar-refractivity contribution in [3.63, 3.8) is 0 Å². The third kappa shape index (κ3) is 4.83. The van der Waals surface area contributed by atoms with Gasteiger partial charge in [-0.25, -0.2) is 9.78 Å². The quantitative estimate of drug-likeness (QED) is 0.511. The van der Waals surface area contributed by atoms with Crippen LogP contribution in [0.25, 0.3) is 5.69 Å². The zero-order valence-corrected chi connectivity index (χ0v) is 14.7. The molecule has 1 heterocycles. The number of carbonyl (C=O) groups excluding carboxylic acids is 1. The number of rotatable bonds is 9. The van der Waals surface area contributed by atoms with Crippen LogP contribution in [0.3, 0.4) is 0 Å². The van der Waals surface area contributed by atoms with Crippen LogP contribution in [-0.4, -0.2) is 28.7 Å². The fourth-order valence-corrected chi connectivity index (χ4v) is 2.44. The summed E-state index contributed by atoms with van der Waals surface area (Å²) in [4.78, 5) is 15.9. The fraction of sp³-hybridized carbons (Fsp3) is 0.421. The molecule has 0 N–H and O–H groups in total. The topological polar surface area (TPSA) is 77.1 Å². The van der Waals surface area contributed by atoms with Crippen LogP contribution in [0, 0.1) is 11.3 Å². The molecule has 0 atom stereocenters. The van der Waals surface area contributed by atoms with Crippen molar-refractivity contribution in [2.24, 2.45) is 0 Å². The molecule has 0 aliphatic carbocycles. The van der Waals surface area contributed by atoms with Gasteiger partial charge in [-0.05, 0) is 25.5 Å². The van der Waals surface area contributed by atoms with E-state index in [1.165, 1.54) is 12.7 Å². The number of para-hydroxylation sites is 1. The van der Waals surface area contributed by atoms with Crippen molar-refractivity contribution in [3.05, 3.63) is 42.0 Å². The van der Waals surface area contributed by atoms with Gasteiger partial charge in [0.15, 0.2) is 11.4 Å². The standard InChI is InChI=1S/C19H23N3O3/c1-3-5-6-7-11-25-18-15(12-20)9-8-10-17(18)22-13-16(21-14-22)19(23)24-4-2/h8-10,13-14H,3-7,11H2,1-2H3. The molecule has 6 heteroatoms. The number of nitriles is 1. The Kier molecular flexibility index (Phi) is 7.02. The average molecular weight is 341 g/mol. The first-order valence-corrected chi connectivity index (χ1v) is 8.58. The number of ether oxygens (including phenoxy) is 2. The summed E-state index contributed by atoms with van der Waals surface area (Å²) in [7, 11) is 0. The average Bonchev–Trinajstić information content (AvgIpc) is 3.11. The lowest BCUT2D eigenvalue weighted by Crippen LogP contribution is -2.05. The Bertz CT molecular complexity index is 747. The first-order chi connectivity index (χ1) is 12.2. The van der Waals surface area contributed by atoms with E-state index >= 15 is 0 Å². The van der Waals surface area contributed by atoms with Gasteiger partial charge in [-0.3, -0.25) is 0 Å². The summed E-state index contributed by atoms with van der Waals surface area (Å²) < 4.78 is 12.5. The minimum Gasteiger partial charge on any atom is -0.490 e. The molecule has 25 heavy (non-hydrogen) atoms. The number of imidazole rings is 1. The minimum atomic E-state index is -0.472. The predicted octanol–water partition coefficient (Wildman–Crippen LogP) is 3.88. The van der Waals surface area contributed by atoms with Gasteiger partial charge in [0.1, 0.15) is 12.4 Å². The van der Waals surface area contributed by atoms with Crippen LogP contribution in [0.4, 0.5) is 0 Å². The van der Waals surface area contributed by atoms with E-state index in [0.29, 0.717) is 30.2 Å². The zero-order valence-electron chi connectivity index (χ0n) is 14.7. The van der Waals surface area contributed by atoms with Crippen LogP contribution in [0.15, 0.2) is 30.7 Å². The van der Waals surface area contributed by atoms with Crippen molar-refractivity contribution in [1.29, 1.82) is 5.26 Å². The van der Waals surface area contributed by atoms with Crippen LogP contribution in [0.2, 0.25) is 0 Å². The minimum absolute atomic E-state index is 0.220. The van der Waals surface area contributed by atoms with E-state index in [9.17, 15) is 10.1 Å². The Morgan fingerprint density at radius 3 is 2.84 bits per heavy atom. The Morgan fingerprint density at radius 2 is 2.12 bits per heavy atom. The highest BCUT2D eigenvalue weighted by molar-refractivity contribution is 5.87. The SMILES string of the molecule is CCCCCCOc1c(C#N)cccc1-n1cnc(C(=O)OCC)c1. The molecular formula is C19H23N3O3. The van der Waals surface area contributed by atoms with Crippen molar-refractivity contribution in [1.82, 2.24) is 9.55 Å². The normalized spacial score (nSPS) is 10.3. The van der Waals surface area contributed by atoms with E-state index in [-0.39, 0.29) is 5.69 Å². The molecule has 0 fully saturated rings. The summed E-state index contributed by atoms with van der Waals surface area (Å²) in [6, 6.07) is 7.49. The number of esters is 1. The molecule has 0 spiro atoms. The summed E-state index contributed by atoms with van der Waals surface area (Å²) in [5.41, 5.74) is 1.36. The molecule has 1 aromatic heterocycles. The number of aromatic nitrogens is 2.